The van der Waals surface area contributed by atoms with Crippen molar-refractivity contribution in [2.75, 3.05) is 26.4 Å². The van der Waals surface area contributed by atoms with Gasteiger partial charge in [0.25, 0.3) is 0 Å². The van der Waals surface area contributed by atoms with E-state index in [0.29, 0.717) is 12.8 Å². The van der Waals surface area contributed by atoms with Crippen molar-refractivity contribution >= 4 is 19.8 Å². The molecular weight excluding hydrogens is 719 g/mol. The molecule has 0 bridgehead atoms. The third-order valence-corrected chi connectivity index (χ3v) is 10.7. The zero-order chi connectivity index (χ0) is 40.5. The maximum atomic E-state index is 12.6. The van der Waals surface area contributed by atoms with Gasteiger partial charge in [-0.3, -0.25) is 18.6 Å². The van der Waals surface area contributed by atoms with Gasteiger partial charge in [0.15, 0.2) is 6.10 Å². The Hall–Kier alpha value is -1.55. The highest BCUT2D eigenvalue weighted by molar-refractivity contribution is 7.47. The maximum absolute atomic E-state index is 12.6. The molecule has 0 aromatic rings. The summed E-state index contributed by atoms with van der Waals surface area (Å²) in [6.07, 6.45) is 38.9. The molecule has 0 aliphatic carbocycles. The molecule has 0 saturated heterocycles. The molecule has 0 rings (SSSR count). The first-order valence-electron chi connectivity index (χ1n) is 22.3. The predicted molar refractivity (Wildman–Crippen MR) is 224 cm³/mol. The van der Waals surface area contributed by atoms with Crippen LogP contribution in [0.4, 0.5) is 0 Å². The molecule has 1 unspecified atom stereocenters. The van der Waals surface area contributed by atoms with Crippen molar-refractivity contribution in [2.24, 2.45) is 0 Å². The summed E-state index contributed by atoms with van der Waals surface area (Å²) in [5, 5.41) is 18.3. The fourth-order valence-corrected chi connectivity index (χ4v) is 7.05. The molecule has 55 heavy (non-hydrogen) atoms. The Labute approximate surface area is 336 Å². The van der Waals surface area contributed by atoms with Crippen LogP contribution in [-0.4, -0.2) is 65.7 Å². The first-order valence-corrected chi connectivity index (χ1v) is 23.7. The van der Waals surface area contributed by atoms with Gasteiger partial charge in [-0.2, -0.15) is 0 Å². The standard InChI is InChI=1S/C44H83O10P/c1-3-5-7-9-11-13-15-17-19-20-22-24-26-28-30-32-34-36-44(48)54-42(40-53-55(49,50)52-38-41(46)37-45)39-51-43(47)35-33-31-29-27-25-23-21-18-16-14-12-10-8-6-4-2/h4,17,19,41-42,45-46H,2-3,5-16,18,20-40H2,1H3,(H,49,50)/b19-17+/t41-,42+/m0/s1. The Morgan fingerprint density at radius 1 is 0.582 bits per heavy atom. The van der Waals surface area contributed by atoms with Crippen molar-refractivity contribution in [3.63, 3.8) is 0 Å². The summed E-state index contributed by atoms with van der Waals surface area (Å²) in [5.41, 5.74) is 0. The number of esters is 2. The summed E-state index contributed by atoms with van der Waals surface area (Å²) in [6.45, 7) is 3.91. The number of phosphoric acid groups is 1. The summed E-state index contributed by atoms with van der Waals surface area (Å²) in [7, 11) is -4.62. The van der Waals surface area contributed by atoms with Gasteiger partial charge in [0.2, 0.25) is 0 Å². The number of carbonyl (C=O) groups excluding carboxylic acids is 2. The molecule has 11 heteroatoms. The number of hydrogen-bond acceptors (Lipinski definition) is 9. The summed E-state index contributed by atoms with van der Waals surface area (Å²) >= 11 is 0. The fraction of sp³-hybridized carbons (Fsp3) is 0.864. The third kappa shape index (κ3) is 40.4. The fourth-order valence-electron chi connectivity index (χ4n) is 6.26. The number of aliphatic hydroxyl groups is 2. The van der Waals surface area contributed by atoms with Crippen LogP contribution in [0.3, 0.4) is 0 Å². The lowest BCUT2D eigenvalue weighted by Gasteiger charge is -2.20. The van der Waals surface area contributed by atoms with Gasteiger partial charge in [0, 0.05) is 12.8 Å². The molecule has 0 spiro atoms. The van der Waals surface area contributed by atoms with Crippen LogP contribution < -0.4 is 0 Å². The van der Waals surface area contributed by atoms with Gasteiger partial charge in [-0.25, -0.2) is 4.57 Å². The Morgan fingerprint density at radius 2 is 0.982 bits per heavy atom. The quantitative estimate of drug-likeness (QED) is 0.0235. The van der Waals surface area contributed by atoms with Gasteiger partial charge in [0.1, 0.15) is 12.7 Å². The Morgan fingerprint density at radius 3 is 1.44 bits per heavy atom. The molecule has 0 fully saturated rings. The van der Waals surface area contributed by atoms with Crippen LogP contribution in [0, 0.1) is 0 Å². The number of aliphatic hydroxyl groups excluding tert-OH is 2. The molecule has 0 amide bonds. The first kappa shape index (κ1) is 53.5. The molecule has 0 aliphatic heterocycles. The third-order valence-electron chi connectivity index (χ3n) is 9.72. The number of unbranched alkanes of at least 4 members (excludes halogenated alkanes) is 26. The highest BCUT2D eigenvalue weighted by Gasteiger charge is 2.27. The second kappa shape index (κ2) is 40.6. The number of rotatable bonds is 43. The second-order valence-corrected chi connectivity index (χ2v) is 16.6. The lowest BCUT2D eigenvalue weighted by molar-refractivity contribution is -0.161. The molecule has 324 valence electrons. The summed E-state index contributed by atoms with van der Waals surface area (Å²) in [5.74, 6) is -0.926. The topological polar surface area (TPSA) is 149 Å². The van der Waals surface area contributed by atoms with E-state index in [0.717, 1.165) is 51.4 Å². The molecule has 0 aliphatic rings. The molecule has 10 nitrogen and oxygen atoms in total. The van der Waals surface area contributed by atoms with Crippen LogP contribution in [0.15, 0.2) is 24.8 Å². The number of hydrogen-bond donors (Lipinski definition) is 3. The van der Waals surface area contributed by atoms with Crippen molar-refractivity contribution < 1.29 is 47.8 Å². The van der Waals surface area contributed by atoms with E-state index in [1.165, 1.54) is 122 Å². The molecular formula is C44H83O10P. The van der Waals surface area contributed by atoms with Crippen molar-refractivity contribution in [1.29, 1.82) is 0 Å². The van der Waals surface area contributed by atoms with Gasteiger partial charge < -0.3 is 24.6 Å². The zero-order valence-corrected chi connectivity index (χ0v) is 35.9. The minimum absolute atomic E-state index is 0.181. The van der Waals surface area contributed by atoms with E-state index in [-0.39, 0.29) is 19.4 Å². The average Bonchev–Trinajstić information content (AvgIpc) is 3.17. The minimum Gasteiger partial charge on any atom is -0.462 e. The average molecular weight is 803 g/mol. The number of ether oxygens (including phenoxy) is 2. The van der Waals surface area contributed by atoms with Crippen molar-refractivity contribution in [2.45, 2.75) is 218 Å². The molecule has 0 aromatic carbocycles. The molecule has 3 atom stereocenters. The molecule has 0 saturated carbocycles. The highest BCUT2D eigenvalue weighted by Crippen LogP contribution is 2.43. The van der Waals surface area contributed by atoms with Crippen LogP contribution in [0.25, 0.3) is 0 Å². The van der Waals surface area contributed by atoms with E-state index in [1.54, 1.807) is 0 Å². The van der Waals surface area contributed by atoms with Gasteiger partial charge in [-0.1, -0.05) is 160 Å². The smallest absolute Gasteiger partial charge is 0.462 e. The van der Waals surface area contributed by atoms with E-state index >= 15 is 0 Å². The Kier molecular flexibility index (Phi) is 39.5. The van der Waals surface area contributed by atoms with E-state index in [2.05, 4.69) is 25.7 Å². The maximum Gasteiger partial charge on any atom is 0.472 e. The van der Waals surface area contributed by atoms with Crippen molar-refractivity contribution in [3.8, 4) is 0 Å². The van der Waals surface area contributed by atoms with E-state index in [1.807, 2.05) is 6.08 Å². The molecule has 0 radical (unpaired) electrons. The first-order chi connectivity index (χ1) is 26.7. The lowest BCUT2D eigenvalue weighted by Crippen LogP contribution is -2.29. The van der Waals surface area contributed by atoms with Gasteiger partial charge >= 0.3 is 19.8 Å². The van der Waals surface area contributed by atoms with Gasteiger partial charge in [-0.15, -0.1) is 6.58 Å². The zero-order valence-electron chi connectivity index (χ0n) is 35.0. The number of allylic oxidation sites excluding steroid dienone is 3. The monoisotopic (exact) mass is 803 g/mol. The molecule has 3 N–H and O–H groups in total. The van der Waals surface area contributed by atoms with Crippen LogP contribution in [-0.2, 0) is 32.7 Å². The largest absolute Gasteiger partial charge is 0.472 e. The van der Waals surface area contributed by atoms with Crippen LogP contribution in [0.2, 0.25) is 0 Å². The van der Waals surface area contributed by atoms with E-state index in [4.69, 9.17) is 23.6 Å². The van der Waals surface area contributed by atoms with Crippen molar-refractivity contribution in [3.05, 3.63) is 24.8 Å². The van der Waals surface area contributed by atoms with Gasteiger partial charge in [-0.05, 0) is 51.4 Å². The van der Waals surface area contributed by atoms with Crippen LogP contribution >= 0.6 is 7.82 Å². The van der Waals surface area contributed by atoms with Crippen LogP contribution in [0.1, 0.15) is 206 Å². The summed E-state index contributed by atoms with van der Waals surface area (Å²) in [6, 6.07) is 0. The van der Waals surface area contributed by atoms with Crippen molar-refractivity contribution in [1.82, 2.24) is 0 Å². The highest BCUT2D eigenvalue weighted by atomic mass is 31.2. The van der Waals surface area contributed by atoms with Crippen LogP contribution in [0.5, 0.6) is 0 Å². The summed E-state index contributed by atoms with van der Waals surface area (Å²) in [4.78, 5) is 35.0. The number of carbonyl (C=O) groups is 2. The SMILES string of the molecule is C=CCCCCCCCCCCCCCCCC(=O)OC[C@H](COP(=O)(O)OC[C@@H](O)CO)OC(=O)CCCCCCCCC/C=C/CCCCCCCC. The van der Waals surface area contributed by atoms with Gasteiger partial charge in [0.05, 0.1) is 19.8 Å². The minimum atomic E-state index is -4.62. The summed E-state index contributed by atoms with van der Waals surface area (Å²) < 4.78 is 32.7. The Bertz CT molecular complexity index is 959. The molecule has 0 heterocycles. The van der Waals surface area contributed by atoms with E-state index < -0.39 is 51.8 Å². The lowest BCUT2D eigenvalue weighted by atomic mass is 10.0. The molecule has 0 aromatic heterocycles. The second-order valence-electron chi connectivity index (χ2n) is 15.2. The normalized spacial score (nSPS) is 13.8. The predicted octanol–water partition coefficient (Wildman–Crippen LogP) is 11.8. The Balaban J connectivity index is 4.25. The van der Waals surface area contributed by atoms with E-state index in [9.17, 15) is 24.2 Å². The number of phosphoric ester groups is 1.